The van der Waals surface area contributed by atoms with Crippen molar-refractivity contribution in [2.45, 2.75) is 44.3 Å². The molecule has 1 aromatic carbocycles. The molecule has 0 bridgehead atoms. The molecule has 1 aromatic rings. The van der Waals surface area contributed by atoms with Gasteiger partial charge in [0.1, 0.15) is 5.82 Å². The van der Waals surface area contributed by atoms with Crippen LogP contribution in [-0.4, -0.2) is 49.7 Å². The summed E-state index contributed by atoms with van der Waals surface area (Å²) in [5, 5.41) is 0. The second-order valence-electron chi connectivity index (χ2n) is 7.26. The summed E-state index contributed by atoms with van der Waals surface area (Å²) in [7, 11) is -3.57. The molecule has 1 amide bonds. The van der Waals surface area contributed by atoms with E-state index in [1.54, 1.807) is 12.1 Å². The second-order valence-corrected chi connectivity index (χ2v) is 9.23. The molecular weight excluding hydrogens is 355 g/mol. The van der Waals surface area contributed by atoms with E-state index >= 15 is 0 Å². The molecule has 0 aromatic heterocycles. The van der Waals surface area contributed by atoms with Crippen molar-refractivity contribution in [1.82, 2.24) is 9.21 Å². The quantitative estimate of drug-likeness (QED) is 0.805. The Balaban J connectivity index is 1.57. The van der Waals surface area contributed by atoms with Crippen molar-refractivity contribution < 1.29 is 17.6 Å². The number of piperidine rings is 1. The predicted molar refractivity (Wildman–Crippen MR) is 98.4 cm³/mol. The van der Waals surface area contributed by atoms with Crippen LogP contribution in [0.4, 0.5) is 4.39 Å². The lowest BCUT2D eigenvalue weighted by Crippen LogP contribution is -2.45. The average molecular weight is 383 g/mol. The number of carbonyl (C=O) groups excluding carboxylic acids is 1. The van der Waals surface area contributed by atoms with E-state index in [9.17, 15) is 17.6 Å². The van der Waals surface area contributed by atoms with Crippen LogP contribution in [0.3, 0.4) is 0 Å². The Kier molecular flexibility index (Phi) is 6.29. The number of nitrogens with zero attached hydrogens (tertiary/aromatic N) is 2. The smallest absolute Gasteiger partial charge is 0.225 e. The van der Waals surface area contributed by atoms with Crippen molar-refractivity contribution >= 4 is 15.9 Å². The van der Waals surface area contributed by atoms with Crippen molar-refractivity contribution in [3.8, 4) is 0 Å². The number of carbonyl (C=O) groups is 1. The summed E-state index contributed by atoms with van der Waals surface area (Å²) in [5.74, 6) is -0.738. The highest BCUT2D eigenvalue weighted by atomic mass is 32.2. The van der Waals surface area contributed by atoms with Gasteiger partial charge < -0.3 is 4.90 Å². The Morgan fingerprint density at radius 3 is 2.23 bits per heavy atom. The van der Waals surface area contributed by atoms with Gasteiger partial charge >= 0.3 is 0 Å². The molecule has 144 valence electrons. The molecular formula is C19H27FN2O3S. The first-order valence-corrected chi connectivity index (χ1v) is 11.1. The largest absolute Gasteiger partial charge is 0.342 e. The van der Waals surface area contributed by atoms with E-state index in [2.05, 4.69) is 0 Å². The number of halogens is 1. The molecule has 0 N–H and O–H groups in total. The van der Waals surface area contributed by atoms with Crippen LogP contribution in [0.2, 0.25) is 0 Å². The minimum Gasteiger partial charge on any atom is -0.342 e. The number of amides is 1. The molecule has 0 saturated carbocycles. The maximum Gasteiger partial charge on any atom is 0.225 e. The lowest BCUT2D eigenvalue weighted by molar-refractivity contribution is -0.136. The van der Waals surface area contributed by atoms with Gasteiger partial charge in [0.2, 0.25) is 15.9 Å². The topological polar surface area (TPSA) is 57.7 Å². The van der Waals surface area contributed by atoms with Crippen LogP contribution in [0.1, 0.15) is 44.1 Å². The van der Waals surface area contributed by atoms with E-state index in [4.69, 9.17) is 0 Å². The Morgan fingerprint density at radius 2 is 1.62 bits per heavy atom. The third-order valence-corrected chi connectivity index (χ3v) is 7.24. The number of rotatable bonds is 4. The van der Waals surface area contributed by atoms with E-state index in [-0.39, 0.29) is 23.1 Å². The monoisotopic (exact) mass is 382 g/mol. The fourth-order valence-electron chi connectivity index (χ4n) is 3.83. The molecule has 0 aliphatic carbocycles. The van der Waals surface area contributed by atoms with Crippen molar-refractivity contribution in [1.29, 1.82) is 0 Å². The van der Waals surface area contributed by atoms with Crippen LogP contribution in [0.5, 0.6) is 0 Å². The zero-order valence-electron chi connectivity index (χ0n) is 15.1. The van der Waals surface area contributed by atoms with Gasteiger partial charge in [0, 0.05) is 37.7 Å². The number of sulfonamides is 1. The minimum absolute atomic E-state index is 0.0898. The molecule has 0 radical (unpaired) electrons. The van der Waals surface area contributed by atoms with E-state index in [0.29, 0.717) is 25.9 Å². The summed E-state index contributed by atoms with van der Waals surface area (Å²) in [6, 6.07) is 5.96. The summed E-state index contributed by atoms with van der Waals surface area (Å²) < 4.78 is 40.4. The molecule has 2 fully saturated rings. The van der Waals surface area contributed by atoms with Crippen LogP contribution >= 0.6 is 0 Å². The van der Waals surface area contributed by atoms with Crippen LogP contribution in [0.25, 0.3) is 0 Å². The molecule has 2 aliphatic rings. The Bertz CT molecular complexity index is 722. The molecule has 7 heteroatoms. The van der Waals surface area contributed by atoms with Crippen LogP contribution < -0.4 is 0 Å². The van der Waals surface area contributed by atoms with Gasteiger partial charge in [0.05, 0.1) is 5.75 Å². The average Bonchev–Trinajstić information content (AvgIpc) is 2.92. The van der Waals surface area contributed by atoms with Crippen molar-refractivity contribution in [3.63, 3.8) is 0 Å². The third kappa shape index (κ3) is 4.62. The summed E-state index contributed by atoms with van der Waals surface area (Å²) in [5.41, 5.74) is 0.190. The molecule has 0 unspecified atom stereocenters. The maximum absolute atomic E-state index is 13.8. The fraction of sp³-hybridized carbons (Fsp3) is 0.632. The van der Waals surface area contributed by atoms with Crippen molar-refractivity contribution in [2.75, 3.05) is 26.2 Å². The highest BCUT2D eigenvalue weighted by molar-refractivity contribution is 7.88. The minimum atomic E-state index is -3.57. The van der Waals surface area contributed by atoms with Crippen LogP contribution in [-0.2, 0) is 20.6 Å². The van der Waals surface area contributed by atoms with Gasteiger partial charge in [-0.25, -0.2) is 17.1 Å². The molecule has 2 aliphatic heterocycles. The Hall–Kier alpha value is -1.47. The zero-order chi connectivity index (χ0) is 18.6. The summed E-state index contributed by atoms with van der Waals surface area (Å²) >= 11 is 0. The number of likely N-dealkylation sites (tertiary alicyclic amines) is 1. The maximum atomic E-state index is 13.8. The molecule has 26 heavy (non-hydrogen) atoms. The zero-order valence-corrected chi connectivity index (χ0v) is 15.9. The first-order chi connectivity index (χ1) is 12.5. The highest BCUT2D eigenvalue weighted by Crippen LogP contribution is 2.25. The van der Waals surface area contributed by atoms with Crippen LogP contribution in [0, 0.1) is 11.7 Å². The molecule has 2 heterocycles. The number of hydrogen-bond donors (Lipinski definition) is 0. The van der Waals surface area contributed by atoms with E-state index < -0.39 is 15.8 Å². The lowest BCUT2D eigenvalue weighted by atomic mass is 9.96. The first kappa shape index (κ1) is 19.3. The fourth-order valence-corrected chi connectivity index (χ4v) is 5.41. The van der Waals surface area contributed by atoms with Gasteiger partial charge in [-0.3, -0.25) is 4.79 Å². The molecule has 0 atom stereocenters. The first-order valence-electron chi connectivity index (χ1n) is 9.47. The van der Waals surface area contributed by atoms with E-state index in [1.165, 1.54) is 29.3 Å². The lowest BCUT2D eigenvalue weighted by Gasteiger charge is -2.33. The summed E-state index contributed by atoms with van der Waals surface area (Å²) in [4.78, 5) is 14.7. The highest BCUT2D eigenvalue weighted by Gasteiger charge is 2.33. The second kappa shape index (κ2) is 8.48. The Labute approximate surface area is 155 Å². The summed E-state index contributed by atoms with van der Waals surface area (Å²) in [6.45, 7) is 2.32. The molecule has 0 spiro atoms. The van der Waals surface area contributed by atoms with Crippen molar-refractivity contribution in [3.05, 3.63) is 35.6 Å². The van der Waals surface area contributed by atoms with Gasteiger partial charge in [-0.15, -0.1) is 0 Å². The van der Waals surface area contributed by atoms with Gasteiger partial charge in [0.25, 0.3) is 0 Å². The standard InChI is InChI=1S/C19H27FN2O3S/c20-18-8-4-3-7-17(18)15-26(24,25)22-13-9-16(10-14-22)19(23)21-11-5-1-2-6-12-21/h3-4,7-8,16H,1-2,5-6,9-15H2. The van der Waals surface area contributed by atoms with Gasteiger partial charge in [-0.2, -0.15) is 0 Å². The molecule has 3 rings (SSSR count). The number of hydrogen-bond acceptors (Lipinski definition) is 3. The van der Waals surface area contributed by atoms with E-state index in [0.717, 1.165) is 25.9 Å². The Morgan fingerprint density at radius 1 is 1.00 bits per heavy atom. The third-order valence-electron chi connectivity index (χ3n) is 5.41. The predicted octanol–water partition coefficient (Wildman–Crippen LogP) is 2.77. The normalized spacial score (nSPS) is 20.7. The molecule has 2 saturated heterocycles. The SMILES string of the molecule is O=C(C1CCN(S(=O)(=O)Cc2ccccc2F)CC1)N1CCCCCC1. The van der Waals surface area contributed by atoms with Gasteiger partial charge in [-0.05, 0) is 31.7 Å². The van der Waals surface area contributed by atoms with Gasteiger partial charge in [-0.1, -0.05) is 31.0 Å². The van der Waals surface area contributed by atoms with E-state index in [1.807, 2.05) is 4.90 Å². The molecule has 5 nitrogen and oxygen atoms in total. The van der Waals surface area contributed by atoms with Crippen LogP contribution in [0.15, 0.2) is 24.3 Å². The number of benzene rings is 1. The van der Waals surface area contributed by atoms with Crippen molar-refractivity contribution in [2.24, 2.45) is 5.92 Å². The van der Waals surface area contributed by atoms with Gasteiger partial charge in [0.15, 0.2) is 0 Å². The summed E-state index contributed by atoms with van der Waals surface area (Å²) in [6.07, 6.45) is 5.56.